The van der Waals surface area contributed by atoms with Crippen molar-refractivity contribution in [1.29, 1.82) is 0 Å². The maximum atomic E-state index is 11.7. The molecule has 0 saturated heterocycles. The van der Waals surface area contributed by atoms with Gasteiger partial charge in [0.25, 0.3) is 5.91 Å². The molecule has 0 saturated carbocycles. The lowest BCUT2D eigenvalue weighted by Gasteiger charge is -2.02. The van der Waals surface area contributed by atoms with E-state index in [1.807, 2.05) is 18.2 Å². The normalized spacial score (nSPS) is 10.1. The molecule has 0 spiro atoms. The van der Waals surface area contributed by atoms with E-state index in [0.717, 1.165) is 4.47 Å². The van der Waals surface area contributed by atoms with Crippen LogP contribution in [0.3, 0.4) is 0 Å². The Kier molecular flexibility index (Phi) is 3.21. The van der Waals surface area contributed by atoms with Gasteiger partial charge in [-0.1, -0.05) is 22.0 Å². The van der Waals surface area contributed by atoms with Crippen molar-refractivity contribution in [2.24, 2.45) is 0 Å². The van der Waals surface area contributed by atoms with Crippen LogP contribution in [0.25, 0.3) is 0 Å². The van der Waals surface area contributed by atoms with Crippen LogP contribution in [0.15, 0.2) is 34.1 Å². The first-order valence-corrected chi connectivity index (χ1v) is 6.10. The van der Waals surface area contributed by atoms with Crippen molar-refractivity contribution in [3.8, 4) is 0 Å². The molecule has 2 aromatic rings. The molecule has 1 amide bonds. The van der Waals surface area contributed by atoms with E-state index in [0.29, 0.717) is 16.5 Å². The molecule has 2 rings (SSSR count). The summed E-state index contributed by atoms with van der Waals surface area (Å²) in [6, 6.07) is 7.34. The molecular weight excluding hydrogens is 290 g/mol. The lowest BCUT2D eigenvalue weighted by atomic mass is 10.3. The Morgan fingerprint density at radius 1 is 1.50 bits per heavy atom. The summed E-state index contributed by atoms with van der Waals surface area (Å²) in [6.45, 7) is 0. The number of halogens is 1. The van der Waals surface area contributed by atoms with Crippen LogP contribution in [0.2, 0.25) is 0 Å². The molecule has 3 N–H and O–H groups in total. The molecule has 6 heteroatoms. The van der Waals surface area contributed by atoms with E-state index in [1.165, 1.54) is 11.3 Å². The van der Waals surface area contributed by atoms with Gasteiger partial charge in [0.05, 0.1) is 0 Å². The highest BCUT2D eigenvalue weighted by Crippen LogP contribution is 2.17. The number of carbonyl (C=O) groups is 1. The predicted molar refractivity (Wildman–Crippen MR) is 68.6 cm³/mol. The highest BCUT2D eigenvalue weighted by Gasteiger charge is 2.09. The van der Waals surface area contributed by atoms with Crippen molar-refractivity contribution in [1.82, 2.24) is 4.98 Å². The summed E-state index contributed by atoms with van der Waals surface area (Å²) < 4.78 is 0.906. The van der Waals surface area contributed by atoms with Crippen LogP contribution in [0, 0.1) is 0 Å². The van der Waals surface area contributed by atoms with Crippen LogP contribution < -0.4 is 11.1 Å². The Hall–Kier alpha value is -1.40. The summed E-state index contributed by atoms with van der Waals surface area (Å²) in [5, 5.41) is 4.75. The lowest BCUT2D eigenvalue weighted by molar-refractivity contribution is 0.102. The fraction of sp³-hybridized carbons (Fsp3) is 0. The molecule has 0 atom stereocenters. The number of aromatic nitrogens is 1. The Morgan fingerprint density at radius 2 is 2.31 bits per heavy atom. The topological polar surface area (TPSA) is 68.0 Å². The fourth-order valence-electron chi connectivity index (χ4n) is 1.15. The number of thiazole rings is 1. The van der Waals surface area contributed by atoms with E-state index in [9.17, 15) is 4.79 Å². The summed E-state index contributed by atoms with van der Waals surface area (Å²) in [6.07, 6.45) is 0. The highest BCUT2D eigenvalue weighted by molar-refractivity contribution is 9.10. The predicted octanol–water partition coefficient (Wildman–Crippen LogP) is 2.74. The van der Waals surface area contributed by atoms with Crippen LogP contribution in [-0.4, -0.2) is 10.9 Å². The summed E-state index contributed by atoms with van der Waals surface area (Å²) in [7, 11) is 0. The summed E-state index contributed by atoms with van der Waals surface area (Å²) in [5.74, 6) is -0.258. The minimum Gasteiger partial charge on any atom is -0.375 e. The second-order valence-electron chi connectivity index (χ2n) is 3.04. The van der Waals surface area contributed by atoms with Crippen molar-refractivity contribution in [2.45, 2.75) is 0 Å². The quantitative estimate of drug-likeness (QED) is 0.895. The van der Waals surface area contributed by atoms with E-state index >= 15 is 0 Å². The van der Waals surface area contributed by atoms with Gasteiger partial charge in [0.2, 0.25) is 0 Å². The molecule has 1 aromatic carbocycles. The van der Waals surface area contributed by atoms with E-state index < -0.39 is 0 Å². The highest BCUT2D eigenvalue weighted by atomic mass is 79.9. The van der Waals surface area contributed by atoms with Crippen molar-refractivity contribution in [3.05, 3.63) is 39.8 Å². The van der Waals surface area contributed by atoms with Crippen LogP contribution >= 0.6 is 27.3 Å². The van der Waals surface area contributed by atoms with Crippen molar-refractivity contribution < 1.29 is 4.79 Å². The molecule has 1 aromatic heterocycles. The van der Waals surface area contributed by atoms with Gasteiger partial charge in [0, 0.05) is 15.5 Å². The maximum absolute atomic E-state index is 11.7. The first-order chi connectivity index (χ1) is 7.65. The van der Waals surface area contributed by atoms with E-state index in [2.05, 4.69) is 26.2 Å². The number of hydrogen-bond donors (Lipinski definition) is 2. The smallest absolute Gasteiger partial charge is 0.275 e. The minimum absolute atomic E-state index is 0.258. The zero-order valence-electron chi connectivity index (χ0n) is 8.11. The molecule has 0 fully saturated rings. The Morgan fingerprint density at radius 3 is 2.94 bits per heavy atom. The monoisotopic (exact) mass is 297 g/mol. The molecule has 16 heavy (non-hydrogen) atoms. The van der Waals surface area contributed by atoms with Gasteiger partial charge in [-0.15, -0.1) is 11.3 Å². The third kappa shape index (κ3) is 2.59. The molecule has 1 heterocycles. The molecule has 0 aliphatic carbocycles. The first-order valence-electron chi connectivity index (χ1n) is 4.43. The largest absolute Gasteiger partial charge is 0.375 e. The number of nitrogen functional groups attached to an aromatic ring is 1. The summed E-state index contributed by atoms with van der Waals surface area (Å²) >= 11 is 4.57. The molecular formula is C10H8BrN3OS. The van der Waals surface area contributed by atoms with Gasteiger partial charge in [-0.2, -0.15) is 0 Å². The molecule has 0 bridgehead atoms. The van der Waals surface area contributed by atoms with Crippen LogP contribution in [-0.2, 0) is 0 Å². The third-order valence-corrected chi connectivity index (χ3v) is 3.00. The number of amides is 1. The summed E-state index contributed by atoms with van der Waals surface area (Å²) in [4.78, 5) is 15.6. The molecule has 0 unspecified atom stereocenters. The van der Waals surface area contributed by atoms with Gasteiger partial charge in [-0.25, -0.2) is 4.98 Å². The van der Waals surface area contributed by atoms with Gasteiger partial charge in [0.1, 0.15) is 5.69 Å². The number of rotatable bonds is 2. The standard InChI is InChI=1S/C10H8BrN3OS/c11-6-2-1-3-7(4-6)13-9(15)8-5-16-10(12)14-8/h1-5H,(H2,12,14)(H,13,15). The number of nitrogens with one attached hydrogen (secondary N) is 1. The van der Waals surface area contributed by atoms with E-state index in [4.69, 9.17) is 5.73 Å². The SMILES string of the molecule is Nc1nc(C(=O)Nc2cccc(Br)c2)cs1. The zero-order chi connectivity index (χ0) is 11.5. The second kappa shape index (κ2) is 4.63. The average Bonchev–Trinajstić information content (AvgIpc) is 2.65. The van der Waals surface area contributed by atoms with Gasteiger partial charge in [-0.05, 0) is 18.2 Å². The second-order valence-corrected chi connectivity index (χ2v) is 4.84. The van der Waals surface area contributed by atoms with E-state index in [-0.39, 0.29) is 5.91 Å². The van der Waals surface area contributed by atoms with Crippen LogP contribution in [0.4, 0.5) is 10.8 Å². The van der Waals surface area contributed by atoms with Crippen molar-refractivity contribution >= 4 is 44.0 Å². The number of hydrogen-bond acceptors (Lipinski definition) is 4. The van der Waals surface area contributed by atoms with Gasteiger partial charge in [0.15, 0.2) is 5.13 Å². The Labute approximate surface area is 105 Å². The average molecular weight is 298 g/mol. The Balaban J connectivity index is 2.13. The molecule has 0 aliphatic rings. The summed E-state index contributed by atoms with van der Waals surface area (Å²) in [5.41, 5.74) is 6.50. The minimum atomic E-state index is -0.258. The first kappa shape index (κ1) is 11.1. The van der Waals surface area contributed by atoms with Gasteiger partial charge in [-0.3, -0.25) is 4.79 Å². The molecule has 0 radical (unpaired) electrons. The van der Waals surface area contributed by atoms with Crippen molar-refractivity contribution in [2.75, 3.05) is 11.1 Å². The van der Waals surface area contributed by atoms with E-state index in [1.54, 1.807) is 11.4 Å². The molecule has 0 aliphatic heterocycles. The number of carbonyl (C=O) groups excluding carboxylic acids is 1. The molecule has 82 valence electrons. The Bertz CT molecular complexity index is 526. The van der Waals surface area contributed by atoms with Crippen molar-refractivity contribution in [3.63, 3.8) is 0 Å². The lowest BCUT2D eigenvalue weighted by Crippen LogP contribution is -2.12. The maximum Gasteiger partial charge on any atom is 0.275 e. The number of anilines is 2. The zero-order valence-corrected chi connectivity index (χ0v) is 10.5. The van der Waals surface area contributed by atoms with Gasteiger partial charge >= 0.3 is 0 Å². The van der Waals surface area contributed by atoms with Crippen LogP contribution in [0.1, 0.15) is 10.5 Å². The fourth-order valence-corrected chi connectivity index (χ4v) is 2.10. The number of benzene rings is 1. The third-order valence-electron chi connectivity index (χ3n) is 1.84. The number of nitrogens with two attached hydrogens (primary N) is 1. The van der Waals surface area contributed by atoms with Crippen LogP contribution in [0.5, 0.6) is 0 Å². The molecule has 4 nitrogen and oxygen atoms in total. The van der Waals surface area contributed by atoms with Gasteiger partial charge < -0.3 is 11.1 Å². The number of nitrogens with zero attached hydrogens (tertiary/aromatic N) is 1.